The number of anilines is 1. The second kappa shape index (κ2) is 5.75. The third kappa shape index (κ3) is 3.10. The molecule has 0 fully saturated rings. The van der Waals surface area contributed by atoms with E-state index in [1.807, 2.05) is 12.1 Å². The Bertz CT molecular complexity index is 291. The number of hydrogen-bond acceptors (Lipinski definition) is 4. The second-order valence-electron chi connectivity index (χ2n) is 2.95. The van der Waals surface area contributed by atoms with Gasteiger partial charge in [-0.1, -0.05) is 13.3 Å². The number of nitrogens with two attached hydrogens (primary N) is 1. The number of thioether (sulfide) groups is 1. The van der Waals surface area contributed by atoms with Crippen molar-refractivity contribution >= 4 is 17.4 Å². The summed E-state index contributed by atoms with van der Waals surface area (Å²) < 4.78 is 5.04. The zero-order chi connectivity index (χ0) is 10.4. The predicted molar refractivity (Wildman–Crippen MR) is 60.8 cm³/mol. The van der Waals surface area contributed by atoms with E-state index in [1.165, 1.54) is 12.8 Å². The molecule has 4 heteroatoms. The summed E-state index contributed by atoms with van der Waals surface area (Å²) in [6.45, 7) is 2.18. The Labute approximate surface area is 89.1 Å². The number of nitrogens with zero attached hydrogens (tertiary/aromatic N) is 1. The first-order chi connectivity index (χ1) is 6.77. The molecule has 0 atom stereocenters. The fourth-order valence-electron chi connectivity index (χ4n) is 0.999. The highest BCUT2D eigenvalue weighted by molar-refractivity contribution is 7.99. The molecular weight excluding hydrogens is 196 g/mol. The minimum atomic E-state index is 0.520. The molecule has 0 amide bonds. The average molecular weight is 212 g/mol. The fourth-order valence-corrected chi connectivity index (χ4v) is 1.95. The Balaban J connectivity index is 2.60. The Morgan fingerprint density at radius 1 is 1.50 bits per heavy atom. The van der Waals surface area contributed by atoms with Gasteiger partial charge >= 0.3 is 0 Å². The monoisotopic (exact) mass is 212 g/mol. The van der Waals surface area contributed by atoms with Crippen molar-refractivity contribution in [3.05, 3.63) is 12.1 Å². The molecule has 2 N–H and O–H groups in total. The van der Waals surface area contributed by atoms with Gasteiger partial charge in [0.1, 0.15) is 5.03 Å². The lowest BCUT2D eigenvalue weighted by Gasteiger charge is -2.05. The van der Waals surface area contributed by atoms with E-state index in [-0.39, 0.29) is 0 Å². The lowest BCUT2D eigenvalue weighted by atomic mass is 10.4. The van der Waals surface area contributed by atoms with E-state index in [2.05, 4.69) is 11.9 Å². The highest BCUT2D eigenvalue weighted by atomic mass is 32.2. The topological polar surface area (TPSA) is 48.1 Å². The minimum absolute atomic E-state index is 0.520. The quantitative estimate of drug-likeness (QED) is 0.602. The first-order valence-electron chi connectivity index (χ1n) is 4.71. The van der Waals surface area contributed by atoms with Crippen molar-refractivity contribution in [2.24, 2.45) is 0 Å². The summed E-state index contributed by atoms with van der Waals surface area (Å²) in [7, 11) is 1.58. The third-order valence-corrected chi connectivity index (χ3v) is 2.82. The number of pyridine rings is 1. The number of aromatic nitrogens is 1. The highest BCUT2D eigenvalue weighted by Gasteiger charge is 2.02. The molecule has 0 radical (unpaired) electrons. The molecule has 1 rings (SSSR count). The number of ether oxygens (including phenoxy) is 1. The molecule has 0 bridgehead atoms. The summed E-state index contributed by atoms with van der Waals surface area (Å²) >= 11 is 1.74. The van der Waals surface area contributed by atoms with Crippen LogP contribution >= 0.6 is 11.8 Å². The van der Waals surface area contributed by atoms with Crippen LogP contribution in [0, 0.1) is 0 Å². The van der Waals surface area contributed by atoms with Crippen LogP contribution in [0.25, 0.3) is 0 Å². The Morgan fingerprint density at radius 2 is 2.29 bits per heavy atom. The molecule has 78 valence electrons. The SMILES string of the molecule is CCCCSc1ccc(N)c(OC)n1. The molecule has 0 saturated heterocycles. The molecule has 0 aliphatic rings. The number of methoxy groups -OCH3 is 1. The number of unbranched alkanes of at least 4 members (excludes halogenated alkanes) is 1. The number of rotatable bonds is 5. The van der Waals surface area contributed by atoms with E-state index in [1.54, 1.807) is 18.9 Å². The molecule has 0 unspecified atom stereocenters. The third-order valence-electron chi connectivity index (χ3n) is 1.81. The summed E-state index contributed by atoms with van der Waals surface area (Å²) in [5.74, 6) is 1.61. The van der Waals surface area contributed by atoms with Gasteiger partial charge in [-0.15, -0.1) is 11.8 Å². The second-order valence-corrected chi connectivity index (χ2v) is 4.07. The van der Waals surface area contributed by atoms with E-state index >= 15 is 0 Å². The van der Waals surface area contributed by atoms with Crippen LogP contribution < -0.4 is 10.5 Å². The Hall–Kier alpha value is -0.900. The van der Waals surface area contributed by atoms with Crippen LogP contribution in [0.5, 0.6) is 5.88 Å². The van der Waals surface area contributed by atoms with E-state index in [0.717, 1.165) is 10.8 Å². The van der Waals surface area contributed by atoms with Crippen LogP contribution in [-0.4, -0.2) is 17.8 Å². The predicted octanol–water partition coefficient (Wildman–Crippen LogP) is 2.56. The average Bonchev–Trinajstić information content (AvgIpc) is 2.21. The van der Waals surface area contributed by atoms with Gasteiger partial charge in [-0.05, 0) is 24.3 Å². The standard InChI is InChI=1S/C10H16N2OS/c1-3-4-7-14-9-6-5-8(11)10(12-9)13-2/h5-6H,3-4,7,11H2,1-2H3. The molecule has 1 heterocycles. The van der Waals surface area contributed by atoms with E-state index in [9.17, 15) is 0 Å². The van der Waals surface area contributed by atoms with Crippen molar-refractivity contribution in [1.82, 2.24) is 4.98 Å². The maximum atomic E-state index is 5.66. The molecule has 1 aromatic rings. The molecule has 0 aliphatic heterocycles. The van der Waals surface area contributed by atoms with Crippen molar-refractivity contribution in [2.45, 2.75) is 24.8 Å². The van der Waals surface area contributed by atoms with Gasteiger partial charge in [0.15, 0.2) is 0 Å². The van der Waals surface area contributed by atoms with Crippen LogP contribution in [0.1, 0.15) is 19.8 Å². The largest absolute Gasteiger partial charge is 0.480 e. The molecule has 0 spiro atoms. The summed E-state index contributed by atoms with van der Waals surface area (Å²) in [4.78, 5) is 4.28. The zero-order valence-electron chi connectivity index (χ0n) is 8.62. The lowest BCUT2D eigenvalue weighted by Crippen LogP contribution is -1.96. The molecular formula is C10H16N2OS. The smallest absolute Gasteiger partial charge is 0.237 e. The van der Waals surface area contributed by atoms with Gasteiger partial charge in [-0.3, -0.25) is 0 Å². The molecule has 1 aromatic heterocycles. The van der Waals surface area contributed by atoms with Crippen molar-refractivity contribution in [1.29, 1.82) is 0 Å². The first-order valence-corrected chi connectivity index (χ1v) is 5.69. The lowest BCUT2D eigenvalue weighted by molar-refractivity contribution is 0.397. The van der Waals surface area contributed by atoms with Crippen LogP contribution in [0.2, 0.25) is 0 Å². The van der Waals surface area contributed by atoms with Crippen molar-refractivity contribution < 1.29 is 4.74 Å². The molecule has 14 heavy (non-hydrogen) atoms. The molecule has 0 aliphatic carbocycles. The van der Waals surface area contributed by atoms with Gasteiger partial charge in [0.25, 0.3) is 0 Å². The number of nitrogen functional groups attached to an aromatic ring is 1. The molecule has 3 nitrogen and oxygen atoms in total. The number of hydrogen-bond donors (Lipinski definition) is 1. The highest BCUT2D eigenvalue weighted by Crippen LogP contribution is 2.24. The normalized spacial score (nSPS) is 10.1. The van der Waals surface area contributed by atoms with E-state index in [4.69, 9.17) is 10.5 Å². The van der Waals surface area contributed by atoms with Crippen molar-refractivity contribution in [2.75, 3.05) is 18.6 Å². The van der Waals surface area contributed by atoms with Crippen LogP contribution in [-0.2, 0) is 0 Å². The molecule has 0 saturated carbocycles. The minimum Gasteiger partial charge on any atom is -0.480 e. The Kier molecular flexibility index (Phi) is 4.59. The summed E-state index contributed by atoms with van der Waals surface area (Å²) in [5, 5.41) is 0.976. The van der Waals surface area contributed by atoms with E-state index < -0.39 is 0 Å². The summed E-state index contributed by atoms with van der Waals surface area (Å²) in [5.41, 5.74) is 6.25. The van der Waals surface area contributed by atoms with Gasteiger partial charge in [-0.2, -0.15) is 0 Å². The molecule has 0 aromatic carbocycles. The van der Waals surface area contributed by atoms with Gasteiger partial charge in [0, 0.05) is 0 Å². The zero-order valence-corrected chi connectivity index (χ0v) is 9.43. The maximum absolute atomic E-state index is 5.66. The van der Waals surface area contributed by atoms with Crippen LogP contribution in [0.4, 0.5) is 5.69 Å². The van der Waals surface area contributed by atoms with Crippen LogP contribution in [0.15, 0.2) is 17.2 Å². The van der Waals surface area contributed by atoms with E-state index in [0.29, 0.717) is 11.6 Å². The summed E-state index contributed by atoms with van der Waals surface area (Å²) in [6, 6.07) is 3.76. The van der Waals surface area contributed by atoms with Crippen molar-refractivity contribution in [3.63, 3.8) is 0 Å². The van der Waals surface area contributed by atoms with Gasteiger partial charge in [0.2, 0.25) is 5.88 Å². The summed E-state index contributed by atoms with van der Waals surface area (Å²) in [6.07, 6.45) is 2.41. The van der Waals surface area contributed by atoms with Gasteiger partial charge in [0.05, 0.1) is 12.8 Å². The Morgan fingerprint density at radius 3 is 2.93 bits per heavy atom. The maximum Gasteiger partial charge on any atom is 0.237 e. The fraction of sp³-hybridized carbons (Fsp3) is 0.500. The van der Waals surface area contributed by atoms with Crippen molar-refractivity contribution in [3.8, 4) is 5.88 Å². The first kappa shape index (κ1) is 11.2. The van der Waals surface area contributed by atoms with Gasteiger partial charge < -0.3 is 10.5 Å². The van der Waals surface area contributed by atoms with Gasteiger partial charge in [-0.25, -0.2) is 4.98 Å². The van der Waals surface area contributed by atoms with Crippen LogP contribution in [0.3, 0.4) is 0 Å².